The zero-order chi connectivity index (χ0) is 15.5. The van der Waals surface area contributed by atoms with Crippen LogP contribution >= 0.6 is 47.2 Å². The maximum atomic E-state index is 6.14. The largest absolute Gasteiger partial charge is 0.382 e. The van der Waals surface area contributed by atoms with E-state index in [-0.39, 0.29) is 24.0 Å². The van der Waals surface area contributed by atoms with Crippen molar-refractivity contribution in [2.24, 2.45) is 4.99 Å². The predicted molar refractivity (Wildman–Crippen MR) is 106 cm³/mol. The minimum Gasteiger partial charge on any atom is -0.382 e. The van der Waals surface area contributed by atoms with Crippen LogP contribution in [0, 0.1) is 0 Å². The van der Waals surface area contributed by atoms with Crippen LogP contribution in [0.4, 0.5) is 0 Å². The Labute approximate surface area is 160 Å². The Morgan fingerprint density at radius 3 is 2.41 bits per heavy atom. The standard InChI is InChI=1S/C15H23Cl2N3O.HI/c1-3-21-11-5-9-19-15(18-2)20-10-8-12-13(16)6-4-7-14(12)17;/h4,6-7H,3,5,8-11H2,1-2H3,(H2,18,19,20);1H. The van der Waals surface area contributed by atoms with Gasteiger partial charge in [-0.3, -0.25) is 4.99 Å². The van der Waals surface area contributed by atoms with Crippen molar-refractivity contribution in [2.45, 2.75) is 19.8 Å². The van der Waals surface area contributed by atoms with E-state index in [9.17, 15) is 0 Å². The lowest BCUT2D eigenvalue weighted by Crippen LogP contribution is -2.39. The van der Waals surface area contributed by atoms with Crippen LogP contribution < -0.4 is 10.6 Å². The first-order valence-corrected chi connectivity index (χ1v) is 7.89. The highest BCUT2D eigenvalue weighted by Gasteiger charge is 2.05. The first kappa shape index (κ1) is 21.8. The number of benzene rings is 1. The number of hydrogen-bond donors (Lipinski definition) is 2. The van der Waals surface area contributed by atoms with Gasteiger partial charge in [0, 0.05) is 43.4 Å². The van der Waals surface area contributed by atoms with Crippen LogP contribution in [0.5, 0.6) is 0 Å². The Morgan fingerprint density at radius 1 is 1.18 bits per heavy atom. The van der Waals surface area contributed by atoms with Gasteiger partial charge in [0.15, 0.2) is 5.96 Å². The van der Waals surface area contributed by atoms with E-state index in [2.05, 4.69) is 15.6 Å². The van der Waals surface area contributed by atoms with Gasteiger partial charge in [0.05, 0.1) is 0 Å². The molecule has 2 N–H and O–H groups in total. The molecule has 126 valence electrons. The Kier molecular flexibility index (Phi) is 13.1. The first-order valence-electron chi connectivity index (χ1n) is 7.14. The summed E-state index contributed by atoms with van der Waals surface area (Å²) in [7, 11) is 1.75. The summed E-state index contributed by atoms with van der Waals surface area (Å²) in [6, 6.07) is 5.55. The number of rotatable bonds is 8. The number of aliphatic imine (C=N–C) groups is 1. The Morgan fingerprint density at radius 2 is 1.82 bits per heavy atom. The molecule has 0 amide bonds. The fourth-order valence-corrected chi connectivity index (χ4v) is 2.41. The van der Waals surface area contributed by atoms with E-state index in [0.29, 0.717) is 16.6 Å². The highest BCUT2D eigenvalue weighted by Crippen LogP contribution is 2.24. The van der Waals surface area contributed by atoms with Crippen molar-refractivity contribution in [1.82, 2.24) is 10.6 Å². The molecule has 0 saturated heterocycles. The molecule has 0 fully saturated rings. The second-order valence-electron chi connectivity index (χ2n) is 4.43. The van der Waals surface area contributed by atoms with Gasteiger partial charge in [-0.15, -0.1) is 24.0 Å². The number of nitrogens with zero attached hydrogens (tertiary/aromatic N) is 1. The van der Waals surface area contributed by atoms with E-state index in [1.54, 1.807) is 7.05 Å². The molecule has 0 aliphatic heterocycles. The molecule has 0 bridgehead atoms. The van der Waals surface area contributed by atoms with E-state index in [0.717, 1.165) is 44.1 Å². The highest BCUT2D eigenvalue weighted by atomic mass is 127. The van der Waals surface area contributed by atoms with Crippen LogP contribution in [0.25, 0.3) is 0 Å². The third-order valence-electron chi connectivity index (χ3n) is 2.91. The second kappa shape index (κ2) is 13.2. The molecule has 0 atom stereocenters. The monoisotopic (exact) mass is 459 g/mol. The van der Waals surface area contributed by atoms with Crippen LogP contribution in [0.15, 0.2) is 23.2 Å². The molecule has 22 heavy (non-hydrogen) atoms. The van der Waals surface area contributed by atoms with Crippen LogP contribution in [0.2, 0.25) is 10.0 Å². The summed E-state index contributed by atoms with van der Waals surface area (Å²) < 4.78 is 5.28. The Hall–Kier alpha value is -0.240. The van der Waals surface area contributed by atoms with E-state index in [1.165, 1.54) is 0 Å². The minimum absolute atomic E-state index is 0. The van der Waals surface area contributed by atoms with E-state index < -0.39 is 0 Å². The number of nitrogens with one attached hydrogen (secondary N) is 2. The first-order chi connectivity index (χ1) is 10.2. The summed E-state index contributed by atoms with van der Waals surface area (Å²) in [6.07, 6.45) is 1.70. The summed E-state index contributed by atoms with van der Waals surface area (Å²) >= 11 is 12.3. The van der Waals surface area contributed by atoms with Crippen molar-refractivity contribution in [3.63, 3.8) is 0 Å². The lowest BCUT2D eigenvalue weighted by molar-refractivity contribution is 0.145. The highest BCUT2D eigenvalue weighted by molar-refractivity contribution is 14.0. The minimum atomic E-state index is 0. The number of ether oxygens (including phenoxy) is 1. The van der Waals surface area contributed by atoms with Crippen molar-refractivity contribution < 1.29 is 4.74 Å². The molecule has 1 aromatic carbocycles. The van der Waals surface area contributed by atoms with Crippen LogP contribution in [-0.2, 0) is 11.2 Å². The summed E-state index contributed by atoms with van der Waals surface area (Å²) in [5.74, 6) is 0.773. The number of halogens is 3. The van der Waals surface area contributed by atoms with Gasteiger partial charge < -0.3 is 15.4 Å². The molecule has 0 aromatic heterocycles. The van der Waals surface area contributed by atoms with Gasteiger partial charge in [-0.2, -0.15) is 0 Å². The smallest absolute Gasteiger partial charge is 0.190 e. The molecular formula is C15H24Cl2IN3O. The molecule has 4 nitrogen and oxygen atoms in total. The number of guanidine groups is 1. The molecule has 0 aliphatic carbocycles. The van der Waals surface area contributed by atoms with Crippen molar-refractivity contribution in [1.29, 1.82) is 0 Å². The number of hydrogen-bond acceptors (Lipinski definition) is 2. The second-order valence-corrected chi connectivity index (χ2v) is 5.24. The molecule has 0 spiro atoms. The lowest BCUT2D eigenvalue weighted by Gasteiger charge is -2.13. The van der Waals surface area contributed by atoms with Gasteiger partial charge in [0.1, 0.15) is 0 Å². The van der Waals surface area contributed by atoms with E-state index in [1.807, 2.05) is 25.1 Å². The lowest BCUT2D eigenvalue weighted by atomic mass is 10.1. The van der Waals surface area contributed by atoms with Gasteiger partial charge >= 0.3 is 0 Å². The SMILES string of the molecule is CCOCCCNC(=NC)NCCc1c(Cl)cccc1Cl.I. The van der Waals surface area contributed by atoms with Gasteiger partial charge in [-0.25, -0.2) is 0 Å². The fraction of sp³-hybridized carbons (Fsp3) is 0.533. The molecule has 0 heterocycles. The molecule has 0 radical (unpaired) electrons. The Bertz CT molecular complexity index is 438. The normalized spacial score (nSPS) is 11.0. The summed E-state index contributed by atoms with van der Waals surface area (Å²) in [4.78, 5) is 4.17. The van der Waals surface area contributed by atoms with Crippen molar-refractivity contribution in [3.8, 4) is 0 Å². The van der Waals surface area contributed by atoms with Crippen molar-refractivity contribution in [2.75, 3.05) is 33.4 Å². The van der Waals surface area contributed by atoms with Gasteiger partial charge in [-0.1, -0.05) is 29.3 Å². The molecule has 0 saturated carbocycles. The molecule has 7 heteroatoms. The molecule has 0 aliphatic rings. The molecule has 1 rings (SSSR count). The summed E-state index contributed by atoms with van der Waals surface area (Å²) in [5, 5.41) is 7.88. The zero-order valence-corrected chi connectivity index (χ0v) is 16.8. The predicted octanol–water partition coefficient (Wildman–Crippen LogP) is 3.75. The summed E-state index contributed by atoms with van der Waals surface area (Å²) in [5.41, 5.74) is 0.958. The van der Waals surface area contributed by atoms with Gasteiger partial charge in [0.25, 0.3) is 0 Å². The van der Waals surface area contributed by atoms with Crippen LogP contribution in [-0.4, -0.2) is 39.3 Å². The van der Waals surface area contributed by atoms with Gasteiger partial charge in [-0.05, 0) is 37.5 Å². The molecular weight excluding hydrogens is 436 g/mol. The average Bonchev–Trinajstić information content (AvgIpc) is 2.48. The topological polar surface area (TPSA) is 45.6 Å². The summed E-state index contributed by atoms with van der Waals surface area (Å²) in [6.45, 7) is 5.05. The molecule has 1 aromatic rings. The third-order valence-corrected chi connectivity index (χ3v) is 3.62. The van der Waals surface area contributed by atoms with E-state index >= 15 is 0 Å². The average molecular weight is 460 g/mol. The maximum absolute atomic E-state index is 6.14. The quantitative estimate of drug-likeness (QED) is 0.269. The van der Waals surface area contributed by atoms with Crippen molar-refractivity contribution >= 4 is 53.1 Å². The van der Waals surface area contributed by atoms with Crippen LogP contribution in [0.1, 0.15) is 18.9 Å². The third kappa shape index (κ3) is 8.41. The fourth-order valence-electron chi connectivity index (χ4n) is 1.82. The zero-order valence-electron chi connectivity index (χ0n) is 13.0. The maximum Gasteiger partial charge on any atom is 0.190 e. The van der Waals surface area contributed by atoms with Crippen LogP contribution in [0.3, 0.4) is 0 Å². The van der Waals surface area contributed by atoms with Crippen molar-refractivity contribution in [3.05, 3.63) is 33.8 Å². The van der Waals surface area contributed by atoms with Gasteiger partial charge in [0.2, 0.25) is 0 Å². The Balaban J connectivity index is 0.00000441. The van der Waals surface area contributed by atoms with E-state index in [4.69, 9.17) is 27.9 Å². The molecule has 0 unspecified atom stereocenters.